The Balaban J connectivity index is 2.15. The van der Waals surface area contributed by atoms with Gasteiger partial charge >= 0.3 is 0 Å². The van der Waals surface area contributed by atoms with Crippen LogP contribution >= 0.6 is 11.3 Å². The van der Waals surface area contributed by atoms with E-state index in [1.54, 1.807) is 23.6 Å². The van der Waals surface area contributed by atoms with E-state index in [-0.39, 0.29) is 11.9 Å². The lowest BCUT2D eigenvalue weighted by Gasteiger charge is -2.16. The van der Waals surface area contributed by atoms with Crippen LogP contribution in [0.5, 0.6) is 0 Å². The molecule has 2 heterocycles. The van der Waals surface area contributed by atoms with Crippen molar-refractivity contribution in [2.75, 3.05) is 0 Å². The first-order valence-electron chi connectivity index (χ1n) is 5.83. The number of pyridine rings is 1. The molecule has 19 heavy (non-hydrogen) atoms. The van der Waals surface area contributed by atoms with Gasteiger partial charge in [-0.1, -0.05) is 18.2 Å². The van der Waals surface area contributed by atoms with Gasteiger partial charge in [0.1, 0.15) is 5.82 Å². The summed E-state index contributed by atoms with van der Waals surface area (Å²) in [5, 5.41) is 3.10. The van der Waals surface area contributed by atoms with E-state index in [0.717, 1.165) is 15.6 Å². The van der Waals surface area contributed by atoms with Gasteiger partial charge in [0.05, 0.1) is 12.2 Å². The monoisotopic (exact) mass is 273 g/mol. The summed E-state index contributed by atoms with van der Waals surface area (Å²) in [6.45, 7) is 0. The molecule has 0 saturated heterocycles. The van der Waals surface area contributed by atoms with E-state index >= 15 is 0 Å². The molecular formula is C14H12FN3S. The Bertz CT molecular complexity index is 710. The summed E-state index contributed by atoms with van der Waals surface area (Å²) in [6.07, 6.45) is 2.77. The number of hydrazine groups is 1. The van der Waals surface area contributed by atoms with Gasteiger partial charge in [-0.05, 0) is 28.5 Å². The van der Waals surface area contributed by atoms with E-state index < -0.39 is 0 Å². The van der Waals surface area contributed by atoms with Gasteiger partial charge in [0.25, 0.3) is 0 Å². The Hall–Kier alpha value is -1.82. The third kappa shape index (κ3) is 2.12. The smallest absolute Gasteiger partial charge is 0.146 e. The van der Waals surface area contributed by atoms with Crippen molar-refractivity contribution in [2.24, 2.45) is 5.84 Å². The minimum atomic E-state index is -0.376. The molecule has 0 saturated carbocycles. The average Bonchev–Trinajstić information content (AvgIpc) is 2.86. The maximum atomic E-state index is 13.9. The molecule has 0 aliphatic carbocycles. The molecule has 5 heteroatoms. The molecular weight excluding hydrogens is 261 g/mol. The first-order chi connectivity index (χ1) is 9.31. The van der Waals surface area contributed by atoms with Crippen molar-refractivity contribution in [1.29, 1.82) is 0 Å². The van der Waals surface area contributed by atoms with Gasteiger partial charge in [0.15, 0.2) is 0 Å². The van der Waals surface area contributed by atoms with Gasteiger partial charge in [0, 0.05) is 16.5 Å². The molecule has 0 fully saturated rings. The SMILES string of the molecule is NNC(c1ccncc1F)c1csc2ccccc12. The number of halogens is 1. The fraction of sp³-hybridized carbons (Fsp3) is 0.0714. The molecule has 0 aliphatic rings. The van der Waals surface area contributed by atoms with Gasteiger partial charge in [0.2, 0.25) is 0 Å². The van der Waals surface area contributed by atoms with Crippen LogP contribution in [0.3, 0.4) is 0 Å². The fourth-order valence-electron chi connectivity index (χ4n) is 2.19. The molecule has 0 radical (unpaired) electrons. The fourth-order valence-corrected chi connectivity index (χ4v) is 3.18. The highest BCUT2D eigenvalue weighted by molar-refractivity contribution is 7.17. The molecule has 2 aromatic heterocycles. The topological polar surface area (TPSA) is 50.9 Å². The molecule has 3 aromatic rings. The van der Waals surface area contributed by atoms with Crippen LogP contribution in [0.25, 0.3) is 10.1 Å². The molecule has 3 rings (SSSR count). The van der Waals surface area contributed by atoms with Crippen molar-refractivity contribution >= 4 is 21.4 Å². The van der Waals surface area contributed by atoms with Gasteiger partial charge in [-0.15, -0.1) is 11.3 Å². The van der Waals surface area contributed by atoms with Crippen molar-refractivity contribution in [3.8, 4) is 0 Å². The zero-order valence-electron chi connectivity index (χ0n) is 10.0. The van der Waals surface area contributed by atoms with Crippen LogP contribution < -0.4 is 11.3 Å². The third-order valence-corrected chi connectivity index (χ3v) is 4.09. The Morgan fingerprint density at radius 2 is 2.05 bits per heavy atom. The van der Waals surface area contributed by atoms with Crippen molar-refractivity contribution < 1.29 is 4.39 Å². The van der Waals surface area contributed by atoms with Crippen LogP contribution in [0.15, 0.2) is 48.1 Å². The Morgan fingerprint density at radius 3 is 2.84 bits per heavy atom. The quantitative estimate of drug-likeness (QED) is 0.570. The van der Waals surface area contributed by atoms with Crippen LogP contribution in [-0.2, 0) is 0 Å². The number of thiophene rings is 1. The zero-order chi connectivity index (χ0) is 13.2. The Labute approximate surface area is 113 Å². The van der Waals surface area contributed by atoms with Crippen LogP contribution in [0.1, 0.15) is 17.2 Å². The first-order valence-corrected chi connectivity index (χ1v) is 6.71. The number of fused-ring (bicyclic) bond motifs is 1. The number of benzene rings is 1. The molecule has 3 nitrogen and oxygen atoms in total. The van der Waals surface area contributed by atoms with Gasteiger partial charge < -0.3 is 0 Å². The summed E-state index contributed by atoms with van der Waals surface area (Å²) in [6, 6.07) is 9.28. The van der Waals surface area contributed by atoms with Crippen molar-refractivity contribution in [3.63, 3.8) is 0 Å². The van der Waals surface area contributed by atoms with E-state index in [2.05, 4.69) is 10.4 Å². The molecule has 0 amide bonds. The molecule has 1 unspecified atom stereocenters. The second kappa shape index (κ2) is 5.05. The van der Waals surface area contributed by atoms with E-state index in [1.807, 2.05) is 29.6 Å². The molecule has 0 bridgehead atoms. The number of hydrogen-bond donors (Lipinski definition) is 2. The summed E-state index contributed by atoms with van der Waals surface area (Å²) in [4.78, 5) is 3.76. The zero-order valence-corrected chi connectivity index (χ0v) is 10.8. The number of hydrogen-bond acceptors (Lipinski definition) is 4. The predicted molar refractivity (Wildman–Crippen MR) is 75.2 cm³/mol. The lowest BCUT2D eigenvalue weighted by Crippen LogP contribution is -2.29. The van der Waals surface area contributed by atoms with Gasteiger partial charge in [-0.3, -0.25) is 10.8 Å². The van der Waals surface area contributed by atoms with Crippen LogP contribution in [0.2, 0.25) is 0 Å². The molecule has 3 N–H and O–H groups in total. The Morgan fingerprint density at radius 1 is 1.21 bits per heavy atom. The highest BCUT2D eigenvalue weighted by atomic mass is 32.1. The van der Waals surface area contributed by atoms with Crippen molar-refractivity contribution in [2.45, 2.75) is 6.04 Å². The minimum Gasteiger partial charge on any atom is -0.271 e. The number of aromatic nitrogens is 1. The van der Waals surface area contributed by atoms with Crippen LogP contribution in [0, 0.1) is 5.82 Å². The molecule has 1 atom stereocenters. The predicted octanol–water partition coefficient (Wildman–Crippen LogP) is 2.99. The molecule has 96 valence electrons. The van der Waals surface area contributed by atoms with E-state index in [4.69, 9.17) is 5.84 Å². The van der Waals surface area contributed by atoms with Crippen LogP contribution in [-0.4, -0.2) is 4.98 Å². The molecule has 0 spiro atoms. The third-order valence-electron chi connectivity index (χ3n) is 3.10. The normalized spacial score (nSPS) is 12.7. The minimum absolute atomic E-state index is 0.360. The van der Waals surface area contributed by atoms with E-state index in [0.29, 0.717) is 5.56 Å². The number of rotatable bonds is 3. The second-order valence-corrected chi connectivity index (χ2v) is 5.10. The maximum absolute atomic E-state index is 13.9. The number of nitrogens with one attached hydrogen (secondary N) is 1. The second-order valence-electron chi connectivity index (χ2n) is 4.18. The van der Waals surface area contributed by atoms with E-state index in [9.17, 15) is 4.39 Å². The van der Waals surface area contributed by atoms with Crippen LogP contribution in [0.4, 0.5) is 4.39 Å². The van der Waals surface area contributed by atoms with Gasteiger partial charge in [-0.2, -0.15) is 0 Å². The van der Waals surface area contributed by atoms with Crippen molar-refractivity contribution in [1.82, 2.24) is 10.4 Å². The standard InChI is InChI=1S/C14H12FN3S/c15-12-7-17-6-5-10(12)14(18-16)11-8-19-13-4-2-1-3-9(11)13/h1-8,14,18H,16H2. The average molecular weight is 273 g/mol. The highest BCUT2D eigenvalue weighted by Gasteiger charge is 2.19. The largest absolute Gasteiger partial charge is 0.271 e. The number of nitrogens with zero attached hydrogens (tertiary/aromatic N) is 1. The maximum Gasteiger partial charge on any atom is 0.146 e. The summed E-state index contributed by atoms with van der Waals surface area (Å²) >= 11 is 1.62. The number of nitrogens with two attached hydrogens (primary N) is 1. The highest BCUT2D eigenvalue weighted by Crippen LogP contribution is 2.33. The van der Waals surface area contributed by atoms with Gasteiger partial charge in [-0.25, -0.2) is 9.82 Å². The van der Waals surface area contributed by atoms with Crippen molar-refractivity contribution in [3.05, 3.63) is 65.0 Å². The summed E-state index contributed by atoms with van der Waals surface area (Å²) in [7, 11) is 0. The summed E-state index contributed by atoms with van der Waals surface area (Å²) in [5.41, 5.74) is 4.17. The molecule has 0 aliphatic heterocycles. The first kappa shape index (κ1) is 12.2. The van der Waals surface area contributed by atoms with E-state index in [1.165, 1.54) is 6.20 Å². The Kier molecular flexibility index (Phi) is 3.25. The summed E-state index contributed by atoms with van der Waals surface area (Å²) in [5.74, 6) is 5.26. The lowest BCUT2D eigenvalue weighted by molar-refractivity contribution is 0.558. The summed E-state index contributed by atoms with van der Waals surface area (Å²) < 4.78 is 15.0. The molecule has 1 aromatic carbocycles. The lowest BCUT2D eigenvalue weighted by atomic mass is 9.99.